The Hall–Kier alpha value is -1.79. The molecule has 2 rings (SSSR count). The fourth-order valence-electron chi connectivity index (χ4n) is 4.94. The van der Waals surface area contributed by atoms with Crippen molar-refractivity contribution in [2.24, 2.45) is 29.1 Å². The fraction of sp³-hybridized carbons (Fsp3) is 0.696. The van der Waals surface area contributed by atoms with Crippen LogP contribution in [0.5, 0.6) is 0 Å². The van der Waals surface area contributed by atoms with Crippen LogP contribution in [0.3, 0.4) is 0 Å². The highest BCUT2D eigenvalue weighted by atomic mass is 16.6. The maximum absolute atomic E-state index is 13.8. The Kier molecular flexibility index (Phi) is 7.94. The third-order valence-corrected chi connectivity index (χ3v) is 6.73. The van der Waals surface area contributed by atoms with Gasteiger partial charge in [-0.1, -0.05) is 37.6 Å². The summed E-state index contributed by atoms with van der Waals surface area (Å²) in [6, 6.07) is 0. The summed E-state index contributed by atoms with van der Waals surface area (Å²) in [5.41, 5.74) is 0.0436. The summed E-state index contributed by atoms with van der Waals surface area (Å²) in [5.74, 6) is -2.29. The van der Waals surface area contributed by atoms with E-state index in [0.717, 1.165) is 12.0 Å². The molecular formula is C23H34O6. The Labute approximate surface area is 173 Å². The van der Waals surface area contributed by atoms with Gasteiger partial charge in [-0.15, -0.1) is 0 Å². The lowest BCUT2D eigenvalue weighted by atomic mass is 9.58. The number of allylic oxidation sites excluding steroid dienone is 3. The molecule has 0 saturated heterocycles. The second kappa shape index (κ2) is 9.81. The number of cyclic esters (lactones) is 1. The largest absolute Gasteiger partial charge is 0.459 e. The molecule has 7 unspecified atom stereocenters. The van der Waals surface area contributed by atoms with Crippen LogP contribution in [0.15, 0.2) is 23.8 Å². The molecule has 0 radical (unpaired) electrons. The number of carbonyl (C=O) groups excluding carboxylic acids is 3. The molecule has 0 bridgehead atoms. The van der Waals surface area contributed by atoms with Crippen LogP contribution in [0.25, 0.3) is 0 Å². The quantitative estimate of drug-likeness (QED) is 0.399. The van der Waals surface area contributed by atoms with Gasteiger partial charge < -0.3 is 19.7 Å². The van der Waals surface area contributed by atoms with Crippen molar-refractivity contribution in [2.45, 2.75) is 65.6 Å². The second-order valence-electron chi connectivity index (χ2n) is 8.62. The Balaban J connectivity index is 2.58. The molecule has 0 fully saturated rings. The summed E-state index contributed by atoms with van der Waals surface area (Å²) in [6.45, 7) is 6.71. The summed E-state index contributed by atoms with van der Waals surface area (Å²) in [4.78, 5) is 37.6. The highest BCUT2D eigenvalue weighted by Crippen LogP contribution is 2.49. The zero-order chi connectivity index (χ0) is 21.8. The van der Waals surface area contributed by atoms with E-state index < -0.39 is 29.5 Å². The molecule has 1 aliphatic heterocycles. The van der Waals surface area contributed by atoms with Crippen molar-refractivity contribution in [3.63, 3.8) is 0 Å². The molecule has 1 aliphatic carbocycles. The molecule has 6 heteroatoms. The minimum absolute atomic E-state index is 0.0681. The van der Waals surface area contributed by atoms with Gasteiger partial charge in [0, 0.05) is 24.2 Å². The number of ether oxygens (including phenoxy) is 1. The van der Waals surface area contributed by atoms with E-state index in [1.165, 1.54) is 0 Å². The lowest BCUT2D eigenvalue weighted by Crippen LogP contribution is -2.47. The standard InChI is InChI=1S/C23H34O6/c1-14-11-15(2)23(22(28)16(3)18(12-24)13-25)10-6-5-7-19(23)8-9-20(27)29-21(14)17(4)26/h5,7,11-12,14,16-19,21,25-26H,6,8-10,13H2,1-4H3/b15-11+. The number of hydrogen-bond acceptors (Lipinski definition) is 6. The van der Waals surface area contributed by atoms with E-state index in [9.17, 15) is 24.6 Å². The third-order valence-electron chi connectivity index (χ3n) is 6.73. The summed E-state index contributed by atoms with van der Waals surface area (Å²) in [6.07, 6.45) is 7.03. The van der Waals surface area contributed by atoms with Crippen LogP contribution >= 0.6 is 0 Å². The van der Waals surface area contributed by atoms with Crippen molar-refractivity contribution in [2.75, 3.05) is 6.61 Å². The number of esters is 1. The van der Waals surface area contributed by atoms with Gasteiger partial charge in [0.25, 0.3) is 0 Å². The number of fused-ring (bicyclic) bond motifs is 1. The van der Waals surface area contributed by atoms with Crippen molar-refractivity contribution >= 4 is 18.0 Å². The Bertz CT molecular complexity index is 679. The Morgan fingerprint density at radius 2 is 2.10 bits per heavy atom. The predicted molar refractivity (Wildman–Crippen MR) is 109 cm³/mol. The molecule has 0 aromatic rings. The Morgan fingerprint density at radius 3 is 2.69 bits per heavy atom. The summed E-state index contributed by atoms with van der Waals surface area (Å²) in [5, 5.41) is 19.7. The summed E-state index contributed by atoms with van der Waals surface area (Å²) >= 11 is 0. The highest BCUT2D eigenvalue weighted by molar-refractivity contribution is 5.92. The number of rotatable bonds is 6. The van der Waals surface area contributed by atoms with Gasteiger partial charge >= 0.3 is 5.97 Å². The molecule has 29 heavy (non-hydrogen) atoms. The van der Waals surface area contributed by atoms with Gasteiger partial charge in [0.15, 0.2) is 0 Å². The first kappa shape index (κ1) is 23.5. The molecule has 2 N–H and O–H groups in total. The smallest absolute Gasteiger partial charge is 0.306 e. The van der Waals surface area contributed by atoms with E-state index >= 15 is 0 Å². The molecule has 7 atom stereocenters. The van der Waals surface area contributed by atoms with Crippen LogP contribution in [-0.4, -0.2) is 47.1 Å². The van der Waals surface area contributed by atoms with Gasteiger partial charge in [-0.3, -0.25) is 9.59 Å². The average Bonchev–Trinajstić information content (AvgIpc) is 2.69. The normalized spacial score (nSPS) is 35.3. The molecule has 0 spiro atoms. The van der Waals surface area contributed by atoms with Gasteiger partial charge in [0.1, 0.15) is 18.2 Å². The van der Waals surface area contributed by atoms with E-state index in [0.29, 0.717) is 19.1 Å². The number of ketones is 1. The maximum Gasteiger partial charge on any atom is 0.306 e. The zero-order valence-corrected chi connectivity index (χ0v) is 17.8. The molecular weight excluding hydrogens is 372 g/mol. The monoisotopic (exact) mass is 406 g/mol. The molecule has 6 nitrogen and oxygen atoms in total. The molecule has 0 saturated carbocycles. The maximum atomic E-state index is 13.8. The Morgan fingerprint density at radius 1 is 1.41 bits per heavy atom. The van der Waals surface area contributed by atoms with Crippen molar-refractivity contribution in [1.82, 2.24) is 0 Å². The van der Waals surface area contributed by atoms with Crippen LogP contribution in [0.2, 0.25) is 0 Å². The van der Waals surface area contributed by atoms with Gasteiger partial charge in [-0.25, -0.2) is 0 Å². The summed E-state index contributed by atoms with van der Waals surface area (Å²) in [7, 11) is 0. The number of aliphatic hydroxyl groups excluding tert-OH is 2. The molecule has 0 aromatic carbocycles. The predicted octanol–water partition coefficient (Wildman–Crippen LogP) is 2.62. The first-order valence-corrected chi connectivity index (χ1v) is 10.5. The van der Waals surface area contributed by atoms with Gasteiger partial charge in [0.2, 0.25) is 0 Å². The summed E-state index contributed by atoms with van der Waals surface area (Å²) < 4.78 is 5.52. The van der Waals surface area contributed by atoms with E-state index in [2.05, 4.69) is 0 Å². The van der Waals surface area contributed by atoms with E-state index in [1.54, 1.807) is 13.8 Å². The fourth-order valence-corrected chi connectivity index (χ4v) is 4.94. The number of hydrogen-bond donors (Lipinski definition) is 2. The number of aliphatic hydroxyl groups is 2. The lowest BCUT2D eigenvalue weighted by Gasteiger charge is -2.44. The number of carbonyl (C=O) groups is 3. The number of Topliss-reactive ketones (excluding diaryl/α,β-unsaturated/α-hetero) is 1. The van der Waals surface area contributed by atoms with Crippen molar-refractivity contribution in [3.8, 4) is 0 Å². The van der Waals surface area contributed by atoms with Gasteiger partial charge in [-0.2, -0.15) is 0 Å². The van der Waals surface area contributed by atoms with Crippen LogP contribution in [0, 0.1) is 29.1 Å². The van der Waals surface area contributed by atoms with Gasteiger partial charge in [-0.05, 0) is 39.0 Å². The molecule has 2 aliphatic rings. The lowest BCUT2D eigenvalue weighted by molar-refractivity contribution is -0.158. The van der Waals surface area contributed by atoms with Gasteiger partial charge in [0.05, 0.1) is 18.1 Å². The van der Waals surface area contributed by atoms with Crippen LogP contribution in [0.4, 0.5) is 0 Å². The third kappa shape index (κ3) is 4.69. The van der Waals surface area contributed by atoms with E-state index in [1.807, 2.05) is 32.1 Å². The minimum Gasteiger partial charge on any atom is -0.459 e. The van der Waals surface area contributed by atoms with E-state index in [-0.39, 0.29) is 36.6 Å². The molecule has 162 valence electrons. The topological polar surface area (TPSA) is 101 Å². The zero-order valence-electron chi connectivity index (χ0n) is 17.8. The van der Waals surface area contributed by atoms with Crippen molar-refractivity contribution in [1.29, 1.82) is 0 Å². The average molecular weight is 407 g/mol. The second-order valence-corrected chi connectivity index (χ2v) is 8.62. The molecule has 0 aromatic heterocycles. The minimum atomic E-state index is -0.834. The molecule has 1 heterocycles. The highest BCUT2D eigenvalue weighted by Gasteiger charge is 2.49. The van der Waals surface area contributed by atoms with Crippen LogP contribution in [0.1, 0.15) is 53.4 Å². The van der Waals surface area contributed by atoms with Crippen molar-refractivity contribution < 1.29 is 29.3 Å². The number of aldehydes is 1. The van der Waals surface area contributed by atoms with Crippen LogP contribution < -0.4 is 0 Å². The van der Waals surface area contributed by atoms with Crippen LogP contribution in [-0.2, 0) is 19.1 Å². The molecule has 0 amide bonds. The first-order valence-electron chi connectivity index (χ1n) is 10.5. The first-order chi connectivity index (χ1) is 13.7. The van der Waals surface area contributed by atoms with E-state index in [4.69, 9.17) is 4.74 Å². The SMILES string of the molecule is C/C1=C\C(C)C(C(C)O)OC(=O)CCC2C=CCCC12C(=O)C(C)C(C=O)CO. The van der Waals surface area contributed by atoms with Crippen molar-refractivity contribution in [3.05, 3.63) is 23.8 Å².